The number of para-hydroxylation sites is 4. The fourth-order valence-corrected chi connectivity index (χ4v) is 7.24. The second-order valence-electron chi connectivity index (χ2n) is 12.8. The van der Waals surface area contributed by atoms with E-state index in [1.807, 2.05) is 42.6 Å². The molecular weight excluding hydrogens is 625 g/mol. The molecule has 0 aliphatic heterocycles. The van der Waals surface area contributed by atoms with Crippen molar-refractivity contribution in [3.05, 3.63) is 182 Å². The number of pyridine rings is 1. The van der Waals surface area contributed by atoms with E-state index in [0.29, 0.717) is 0 Å². The van der Waals surface area contributed by atoms with Crippen molar-refractivity contribution in [2.75, 3.05) is 4.90 Å². The minimum Gasteiger partial charge on any atom is -0.455 e. The van der Waals surface area contributed by atoms with Crippen molar-refractivity contribution < 1.29 is 8.83 Å². The maximum Gasteiger partial charge on any atom is 0.159 e. The predicted molar refractivity (Wildman–Crippen MR) is 210 cm³/mol. The zero-order valence-corrected chi connectivity index (χ0v) is 27.5. The fourth-order valence-electron chi connectivity index (χ4n) is 7.24. The Morgan fingerprint density at radius 3 is 1.53 bits per heavy atom. The summed E-state index contributed by atoms with van der Waals surface area (Å²) in [6, 6.07) is 61.1. The molecule has 0 unspecified atom stereocenters. The van der Waals surface area contributed by atoms with E-state index in [9.17, 15) is 0 Å². The van der Waals surface area contributed by atoms with Gasteiger partial charge in [-0.05, 0) is 71.3 Å². The molecule has 3 heterocycles. The number of hydrogen-bond acceptors (Lipinski definition) is 4. The lowest BCUT2D eigenvalue weighted by Crippen LogP contribution is -2.10. The molecule has 4 heteroatoms. The highest BCUT2D eigenvalue weighted by atomic mass is 16.3. The van der Waals surface area contributed by atoms with Crippen LogP contribution >= 0.6 is 0 Å². The molecule has 10 rings (SSSR count). The predicted octanol–water partition coefficient (Wildman–Crippen LogP) is 13.4. The zero-order chi connectivity index (χ0) is 33.7. The molecule has 51 heavy (non-hydrogen) atoms. The molecule has 0 N–H and O–H groups in total. The molecule has 7 aromatic carbocycles. The van der Waals surface area contributed by atoms with Crippen molar-refractivity contribution in [1.29, 1.82) is 0 Å². The summed E-state index contributed by atoms with van der Waals surface area (Å²) in [5.41, 5.74) is 12.9. The van der Waals surface area contributed by atoms with Gasteiger partial charge in [0.25, 0.3) is 0 Å². The molecule has 4 nitrogen and oxygen atoms in total. The van der Waals surface area contributed by atoms with E-state index >= 15 is 0 Å². The molecule has 0 aliphatic carbocycles. The summed E-state index contributed by atoms with van der Waals surface area (Å²) in [7, 11) is 0. The van der Waals surface area contributed by atoms with E-state index < -0.39 is 0 Å². The van der Waals surface area contributed by atoms with Crippen molar-refractivity contribution in [3.8, 4) is 33.5 Å². The van der Waals surface area contributed by atoms with Gasteiger partial charge in [-0.15, -0.1) is 0 Å². The van der Waals surface area contributed by atoms with Gasteiger partial charge in [-0.25, -0.2) is 0 Å². The molecule has 0 aliphatic rings. The highest BCUT2D eigenvalue weighted by molar-refractivity contribution is 6.11. The summed E-state index contributed by atoms with van der Waals surface area (Å²) in [6.45, 7) is 0. The van der Waals surface area contributed by atoms with Gasteiger partial charge in [0.2, 0.25) is 0 Å². The van der Waals surface area contributed by atoms with Gasteiger partial charge in [0.1, 0.15) is 16.7 Å². The van der Waals surface area contributed by atoms with Crippen molar-refractivity contribution in [2.45, 2.75) is 0 Å². The Hall–Kier alpha value is -6.91. The lowest BCUT2D eigenvalue weighted by Gasteiger charge is -2.26. The van der Waals surface area contributed by atoms with Crippen LogP contribution in [-0.2, 0) is 0 Å². The number of aromatic nitrogens is 1. The van der Waals surface area contributed by atoms with E-state index in [2.05, 4.69) is 144 Å². The summed E-state index contributed by atoms with van der Waals surface area (Å²) in [4.78, 5) is 7.18. The lowest BCUT2D eigenvalue weighted by molar-refractivity contribution is 0.669. The summed E-state index contributed by atoms with van der Waals surface area (Å²) >= 11 is 0. The van der Waals surface area contributed by atoms with Crippen LogP contribution in [0.2, 0.25) is 0 Å². The Labute approximate surface area is 294 Å². The number of benzene rings is 7. The molecular formula is C47H30N2O2. The first-order valence-electron chi connectivity index (χ1n) is 17.1. The first-order valence-corrected chi connectivity index (χ1v) is 17.1. The second kappa shape index (κ2) is 11.9. The Kier molecular flexibility index (Phi) is 6.78. The lowest BCUT2D eigenvalue weighted by atomic mass is 10.0. The highest BCUT2D eigenvalue weighted by Gasteiger charge is 2.20. The number of rotatable bonds is 6. The largest absolute Gasteiger partial charge is 0.455 e. The van der Waals surface area contributed by atoms with Crippen LogP contribution in [0.4, 0.5) is 17.1 Å². The third-order valence-electron chi connectivity index (χ3n) is 9.76. The third-order valence-corrected chi connectivity index (χ3v) is 9.76. The normalized spacial score (nSPS) is 11.5. The summed E-state index contributed by atoms with van der Waals surface area (Å²) < 4.78 is 12.8. The molecule has 0 atom stereocenters. The van der Waals surface area contributed by atoms with Gasteiger partial charge in [-0.3, -0.25) is 4.98 Å². The average molecular weight is 655 g/mol. The Bertz CT molecular complexity index is 2830. The first kappa shape index (κ1) is 29.0. The van der Waals surface area contributed by atoms with Crippen LogP contribution in [0.3, 0.4) is 0 Å². The van der Waals surface area contributed by atoms with Gasteiger partial charge in [0.15, 0.2) is 5.58 Å². The molecule has 10 aromatic rings. The minimum absolute atomic E-state index is 0.856. The van der Waals surface area contributed by atoms with Gasteiger partial charge < -0.3 is 13.7 Å². The third kappa shape index (κ3) is 4.96. The Morgan fingerprint density at radius 1 is 0.373 bits per heavy atom. The van der Waals surface area contributed by atoms with Crippen LogP contribution in [-0.4, -0.2) is 4.98 Å². The number of hydrogen-bond donors (Lipinski definition) is 0. The Morgan fingerprint density at radius 2 is 0.882 bits per heavy atom. The first-order chi connectivity index (χ1) is 25.3. The van der Waals surface area contributed by atoms with Crippen LogP contribution in [0.25, 0.3) is 77.4 Å². The van der Waals surface area contributed by atoms with E-state index in [-0.39, 0.29) is 0 Å². The molecule has 0 bridgehead atoms. The molecule has 0 saturated carbocycles. The standard InChI is InChI=1S/C47H30N2O2/c1-2-10-31(11-3-1)32-20-25-35(26-21-32)49(43-17-9-15-40-38-13-5-7-19-45(38)51-47(40)43)36-27-22-33(23-28-36)34-24-29-42(48-30-34)41-16-8-14-39-37-12-4-6-18-44(37)50-46(39)41/h1-30H. The van der Waals surface area contributed by atoms with Crippen molar-refractivity contribution in [1.82, 2.24) is 4.98 Å². The Balaban J connectivity index is 1.03. The number of nitrogens with zero attached hydrogens (tertiary/aromatic N) is 2. The fraction of sp³-hybridized carbons (Fsp3) is 0. The maximum atomic E-state index is 6.53. The monoisotopic (exact) mass is 654 g/mol. The highest BCUT2D eigenvalue weighted by Crippen LogP contribution is 2.43. The molecule has 0 saturated heterocycles. The van der Waals surface area contributed by atoms with Gasteiger partial charge in [0.05, 0.1) is 11.4 Å². The zero-order valence-electron chi connectivity index (χ0n) is 27.5. The topological polar surface area (TPSA) is 42.4 Å². The minimum atomic E-state index is 0.856. The van der Waals surface area contributed by atoms with Gasteiger partial charge >= 0.3 is 0 Å². The van der Waals surface area contributed by atoms with E-state index in [1.54, 1.807) is 0 Å². The summed E-state index contributed by atoms with van der Waals surface area (Å²) in [5.74, 6) is 0. The van der Waals surface area contributed by atoms with Crippen molar-refractivity contribution >= 4 is 60.9 Å². The summed E-state index contributed by atoms with van der Waals surface area (Å²) in [5, 5.41) is 4.41. The van der Waals surface area contributed by atoms with Crippen molar-refractivity contribution in [3.63, 3.8) is 0 Å². The van der Waals surface area contributed by atoms with E-state index in [0.717, 1.165) is 83.3 Å². The van der Waals surface area contributed by atoms with Crippen molar-refractivity contribution in [2.24, 2.45) is 0 Å². The molecule has 0 amide bonds. The van der Waals surface area contributed by atoms with E-state index in [4.69, 9.17) is 13.8 Å². The van der Waals surface area contributed by atoms with Crippen LogP contribution in [0.15, 0.2) is 191 Å². The van der Waals surface area contributed by atoms with Gasteiger partial charge in [-0.2, -0.15) is 0 Å². The number of fused-ring (bicyclic) bond motifs is 6. The summed E-state index contributed by atoms with van der Waals surface area (Å²) in [6.07, 6.45) is 1.95. The molecule has 240 valence electrons. The smallest absolute Gasteiger partial charge is 0.159 e. The molecule has 0 radical (unpaired) electrons. The SMILES string of the molecule is c1ccc(-c2ccc(N(c3ccc(-c4ccc(-c5cccc6c5oc5ccccc56)nc4)cc3)c3cccc4c3oc3ccccc34)cc2)cc1. The van der Waals surface area contributed by atoms with Crippen LogP contribution in [0.1, 0.15) is 0 Å². The quantitative estimate of drug-likeness (QED) is 0.179. The molecule has 3 aromatic heterocycles. The number of anilines is 3. The molecule has 0 fully saturated rings. The average Bonchev–Trinajstić information content (AvgIpc) is 3.78. The molecule has 0 spiro atoms. The van der Waals surface area contributed by atoms with Gasteiger partial charge in [-0.1, -0.05) is 121 Å². The maximum absolute atomic E-state index is 6.53. The number of furan rings is 2. The van der Waals surface area contributed by atoms with Crippen LogP contribution in [0.5, 0.6) is 0 Å². The van der Waals surface area contributed by atoms with Crippen LogP contribution < -0.4 is 4.90 Å². The second-order valence-corrected chi connectivity index (χ2v) is 12.8. The van der Waals surface area contributed by atoms with Gasteiger partial charge in [0, 0.05) is 50.2 Å². The van der Waals surface area contributed by atoms with E-state index in [1.165, 1.54) is 11.1 Å². The van der Waals surface area contributed by atoms with Crippen LogP contribution in [0, 0.1) is 0 Å².